The second kappa shape index (κ2) is 8.52. The van der Waals surface area contributed by atoms with E-state index in [1.807, 2.05) is 42.5 Å². The number of rotatable bonds is 5. The van der Waals surface area contributed by atoms with Crippen LogP contribution in [0.4, 0.5) is 5.69 Å². The summed E-state index contributed by atoms with van der Waals surface area (Å²) < 4.78 is 5.82. The number of anilines is 1. The monoisotopic (exact) mass is 411 g/mol. The third kappa shape index (κ3) is 4.53. The van der Waals surface area contributed by atoms with E-state index in [0.717, 1.165) is 16.9 Å². The molecule has 1 amide bonds. The Kier molecular flexibility index (Phi) is 5.63. The molecule has 0 spiro atoms. The van der Waals surface area contributed by atoms with Gasteiger partial charge in [-0.15, -0.1) is 0 Å². The first kappa shape index (κ1) is 20.5. The summed E-state index contributed by atoms with van der Waals surface area (Å²) in [4.78, 5) is 12.7. The first-order valence-electron chi connectivity index (χ1n) is 10.3. The molecule has 0 aliphatic heterocycles. The number of benzene rings is 3. The molecule has 1 heterocycles. The van der Waals surface area contributed by atoms with E-state index < -0.39 is 5.91 Å². The van der Waals surface area contributed by atoms with Crippen molar-refractivity contribution in [2.45, 2.75) is 27.2 Å². The zero-order valence-corrected chi connectivity index (χ0v) is 17.9. The van der Waals surface area contributed by atoms with E-state index in [-0.39, 0.29) is 11.5 Å². The van der Waals surface area contributed by atoms with Crippen molar-refractivity contribution < 1.29 is 14.3 Å². The van der Waals surface area contributed by atoms with Crippen molar-refractivity contribution in [2.75, 3.05) is 5.32 Å². The van der Waals surface area contributed by atoms with Gasteiger partial charge in [-0.3, -0.25) is 4.79 Å². The van der Waals surface area contributed by atoms with Crippen molar-refractivity contribution in [3.05, 3.63) is 107 Å². The molecule has 0 unspecified atom stereocenters. The Morgan fingerprint density at radius 2 is 1.58 bits per heavy atom. The summed E-state index contributed by atoms with van der Waals surface area (Å²) in [5.41, 5.74) is 7.11. The number of aryl methyl sites for hydroxylation is 3. The molecule has 0 bridgehead atoms. The number of hydrogen-bond acceptors (Lipinski definition) is 3. The molecule has 0 atom stereocenters. The van der Waals surface area contributed by atoms with Gasteiger partial charge in [0.2, 0.25) is 0 Å². The Morgan fingerprint density at radius 1 is 0.871 bits per heavy atom. The number of aromatic hydroxyl groups is 1. The van der Waals surface area contributed by atoms with Crippen molar-refractivity contribution in [1.29, 1.82) is 0 Å². The smallest absolute Gasteiger partial charge is 0.291 e. The fourth-order valence-electron chi connectivity index (χ4n) is 3.89. The largest absolute Gasteiger partial charge is 0.506 e. The molecule has 2 N–H and O–H groups in total. The van der Waals surface area contributed by atoms with Gasteiger partial charge in [-0.1, -0.05) is 54.1 Å². The minimum absolute atomic E-state index is 0.00529. The number of carbonyl (C=O) groups excluding carboxylic acids is 1. The normalized spacial score (nSPS) is 10.8. The number of phenols is 1. The summed E-state index contributed by atoms with van der Waals surface area (Å²) in [5.74, 6) is 0.541. The quantitative estimate of drug-likeness (QED) is 0.373. The highest BCUT2D eigenvalue weighted by molar-refractivity contribution is 6.03. The van der Waals surface area contributed by atoms with Gasteiger partial charge >= 0.3 is 0 Å². The Morgan fingerprint density at radius 3 is 2.29 bits per heavy atom. The second-order valence-corrected chi connectivity index (χ2v) is 7.87. The average molecular weight is 412 g/mol. The van der Waals surface area contributed by atoms with Gasteiger partial charge in [-0.2, -0.15) is 0 Å². The third-order valence-corrected chi connectivity index (χ3v) is 5.43. The molecule has 0 fully saturated rings. The van der Waals surface area contributed by atoms with Crippen LogP contribution in [0.5, 0.6) is 5.75 Å². The predicted molar refractivity (Wildman–Crippen MR) is 124 cm³/mol. The van der Waals surface area contributed by atoms with Crippen LogP contribution in [0, 0.1) is 20.8 Å². The number of furan rings is 1. The molecule has 156 valence electrons. The zero-order chi connectivity index (χ0) is 22.0. The van der Waals surface area contributed by atoms with Crippen LogP contribution >= 0.6 is 0 Å². The lowest BCUT2D eigenvalue weighted by Gasteiger charge is -2.10. The van der Waals surface area contributed by atoms with Crippen LogP contribution in [0.1, 0.15) is 38.6 Å². The number of hydrogen-bond donors (Lipinski definition) is 2. The van der Waals surface area contributed by atoms with E-state index in [1.54, 1.807) is 18.2 Å². The zero-order valence-electron chi connectivity index (χ0n) is 17.9. The van der Waals surface area contributed by atoms with E-state index in [4.69, 9.17) is 4.42 Å². The van der Waals surface area contributed by atoms with Gasteiger partial charge in [-0.25, -0.2) is 0 Å². The Hall–Kier alpha value is -3.79. The van der Waals surface area contributed by atoms with E-state index in [9.17, 15) is 9.90 Å². The molecular formula is C27H25NO3. The third-order valence-electron chi connectivity index (χ3n) is 5.43. The minimum Gasteiger partial charge on any atom is -0.506 e. The molecular weight excluding hydrogens is 386 g/mol. The maximum absolute atomic E-state index is 12.7. The van der Waals surface area contributed by atoms with E-state index in [1.165, 1.54) is 22.3 Å². The summed E-state index contributed by atoms with van der Waals surface area (Å²) in [6.07, 6.45) is 0.625. The standard InChI is InChI=1S/C27H25NO3/c1-17-13-18(2)23(19(3)14-17)16-22-10-12-26(31-22)27(30)28-24-15-21(9-11-25(24)29)20-7-5-4-6-8-20/h4-15,29H,16H2,1-3H3,(H,28,30). The molecule has 3 aromatic carbocycles. The summed E-state index contributed by atoms with van der Waals surface area (Å²) in [5, 5.41) is 13.0. The van der Waals surface area contributed by atoms with Crippen LogP contribution in [0.15, 0.2) is 77.2 Å². The average Bonchev–Trinajstić information content (AvgIpc) is 3.22. The molecule has 0 saturated carbocycles. The maximum atomic E-state index is 12.7. The molecule has 31 heavy (non-hydrogen) atoms. The summed E-state index contributed by atoms with van der Waals surface area (Å²) >= 11 is 0. The van der Waals surface area contributed by atoms with Crippen molar-refractivity contribution in [3.63, 3.8) is 0 Å². The lowest BCUT2D eigenvalue weighted by atomic mass is 9.97. The molecule has 4 nitrogen and oxygen atoms in total. The highest BCUT2D eigenvalue weighted by Crippen LogP contribution is 2.30. The molecule has 4 heteroatoms. The Labute approximate surface area is 182 Å². The number of amides is 1. The van der Waals surface area contributed by atoms with Crippen LogP contribution in [0.3, 0.4) is 0 Å². The number of phenolic OH excluding ortho intramolecular Hbond substituents is 1. The molecule has 0 aliphatic carbocycles. The van der Waals surface area contributed by atoms with Gasteiger partial charge in [-0.05, 0) is 72.9 Å². The van der Waals surface area contributed by atoms with Gasteiger partial charge in [0, 0.05) is 6.42 Å². The van der Waals surface area contributed by atoms with Gasteiger partial charge in [0.15, 0.2) is 5.76 Å². The summed E-state index contributed by atoms with van der Waals surface area (Å²) in [6, 6.07) is 22.7. The van der Waals surface area contributed by atoms with E-state index >= 15 is 0 Å². The fourth-order valence-corrected chi connectivity index (χ4v) is 3.89. The minimum atomic E-state index is -0.399. The van der Waals surface area contributed by atoms with E-state index in [2.05, 4.69) is 38.2 Å². The Balaban J connectivity index is 1.52. The maximum Gasteiger partial charge on any atom is 0.291 e. The second-order valence-electron chi connectivity index (χ2n) is 7.87. The van der Waals surface area contributed by atoms with E-state index in [0.29, 0.717) is 12.1 Å². The first-order valence-corrected chi connectivity index (χ1v) is 10.3. The van der Waals surface area contributed by atoms with Gasteiger partial charge in [0.05, 0.1) is 5.69 Å². The lowest BCUT2D eigenvalue weighted by molar-refractivity contribution is 0.0994. The molecule has 0 radical (unpaired) electrons. The van der Waals surface area contributed by atoms with Gasteiger partial charge in [0.25, 0.3) is 5.91 Å². The van der Waals surface area contributed by atoms with Gasteiger partial charge in [0.1, 0.15) is 11.5 Å². The van der Waals surface area contributed by atoms with Crippen molar-refractivity contribution >= 4 is 11.6 Å². The molecule has 4 aromatic rings. The van der Waals surface area contributed by atoms with Gasteiger partial charge < -0.3 is 14.8 Å². The topological polar surface area (TPSA) is 62.5 Å². The fraction of sp³-hybridized carbons (Fsp3) is 0.148. The molecule has 4 rings (SSSR count). The van der Waals surface area contributed by atoms with Crippen LogP contribution in [-0.4, -0.2) is 11.0 Å². The molecule has 1 aromatic heterocycles. The van der Waals surface area contributed by atoms with Crippen LogP contribution in [-0.2, 0) is 6.42 Å². The number of nitrogens with one attached hydrogen (secondary N) is 1. The van der Waals surface area contributed by atoms with Crippen LogP contribution < -0.4 is 5.32 Å². The van der Waals surface area contributed by atoms with Crippen molar-refractivity contribution in [1.82, 2.24) is 0 Å². The highest BCUT2D eigenvalue weighted by Gasteiger charge is 2.15. The summed E-state index contributed by atoms with van der Waals surface area (Å²) in [7, 11) is 0. The molecule has 0 saturated heterocycles. The summed E-state index contributed by atoms with van der Waals surface area (Å²) in [6.45, 7) is 6.27. The van der Waals surface area contributed by atoms with Crippen molar-refractivity contribution in [2.24, 2.45) is 0 Å². The van der Waals surface area contributed by atoms with Crippen LogP contribution in [0.2, 0.25) is 0 Å². The Bertz CT molecular complexity index is 1220. The predicted octanol–water partition coefficient (Wildman–Crippen LogP) is 6.42. The lowest BCUT2D eigenvalue weighted by Crippen LogP contribution is -2.11. The number of carbonyl (C=O) groups is 1. The highest BCUT2D eigenvalue weighted by atomic mass is 16.3. The first-order chi connectivity index (χ1) is 14.9. The molecule has 0 aliphatic rings. The van der Waals surface area contributed by atoms with Crippen LogP contribution in [0.25, 0.3) is 11.1 Å². The van der Waals surface area contributed by atoms with Crippen molar-refractivity contribution in [3.8, 4) is 16.9 Å². The SMILES string of the molecule is Cc1cc(C)c(Cc2ccc(C(=O)Nc3cc(-c4ccccc4)ccc3O)o2)c(C)c1.